The maximum atomic E-state index is 14.3. The van der Waals surface area contributed by atoms with Crippen LogP contribution in [0.3, 0.4) is 0 Å². The van der Waals surface area contributed by atoms with Crippen molar-refractivity contribution in [1.29, 1.82) is 0 Å². The second-order valence-electron chi connectivity index (χ2n) is 33.3. The molecule has 0 aliphatic carbocycles. The van der Waals surface area contributed by atoms with E-state index >= 15 is 0 Å². The summed E-state index contributed by atoms with van der Waals surface area (Å²) in [6, 6.07) is -1.89. The lowest BCUT2D eigenvalue weighted by atomic mass is 9.87. The summed E-state index contributed by atoms with van der Waals surface area (Å²) in [6.07, 6.45) is 3.26. The zero-order chi connectivity index (χ0) is 101. The van der Waals surface area contributed by atoms with Gasteiger partial charge in [0.05, 0.1) is 223 Å². The maximum absolute atomic E-state index is 14.3. The molecule has 51 heteroatoms. The van der Waals surface area contributed by atoms with Gasteiger partial charge in [0, 0.05) is 114 Å². The second kappa shape index (κ2) is 67.7. The van der Waals surface area contributed by atoms with Crippen LogP contribution >= 0.6 is 0 Å². The fraction of sp³-hybridized carbons (Fsp3) is 0.809. The van der Waals surface area contributed by atoms with E-state index in [9.17, 15) is 47.9 Å². The van der Waals surface area contributed by atoms with Crippen molar-refractivity contribution in [3.8, 4) is 0 Å². The van der Waals surface area contributed by atoms with Gasteiger partial charge in [0.25, 0.3) is 5.91 Å². The van der Waals surface area contributed by atoms with Gasteiger partial charge in [-0.15, -0.1) is 10.2 Å². The molecule has 0 saturated carbocycles. The Morgan fingerprint density at radius 2 is 0.921 bits per heavy atom. The zero-order valence-electron chi connectivity index (χ0n) is 82.3. The molecule has 0 aromatic carbocycles. The lowest BCUT2D eigenvalue weighted by molar-refractivity contribution is -1.01. The third-order valence-electron chi connectivity index (χ3n) is 21.3. The van der Waals surface area contributed by atoms with E-state index < -0.39 is 137 Å². The Morgan fingerprint density at radius 3 is 1.37 bits per heavy atom. The number of aliphatic hydroxyl groups excluding tert-OH is 1. The fourth-order valence-corrected chi connectivity index (χ4v) is 15.0. The van der Waals surface area contributed by atoms with E-state index in [0.717, 1.165) is 12.8 Å². The molecule has 2 aromatic rings. The molecular weight excluding hydrogens is 1860 g/mol. The Hall–Kier alpha value is -8.73. The Balaban J connectivity index is 0.888. The maximum Gasteiger partial charge on any atom is 0.303 e. The van der Waals surface area contributed by atoms with Crippen LogP contribution in [0.5, 0.6) is 0 Å². The van der Waals surface area contributed by atoms with Crippen LogP contribution in [0, 0.1) is 0 Å². The smallest absolute Gasteiger partial charge is 0.303 e. The minimum atomic E-state index is -1.33. The van der Waals surface area contributed by atoms with Gasteiger partial charge in [0.2, 0.25) is 37.9 Å². The number of nitrogens with zero attached hydrogens (tertiary/aromatic N) is 8. The van der Waals surface area contributed by atoms with Gasteiger partial charge in [-0.05, 0) is 32.1 Å². The number of esters is 6. The highest BCUT2D eigenvalue weighted by Crippen LogP contribution is 2.42. The lowest BCUT2D eigenvalue weighted by Gasteiger charge is -2.45. The van der Waals surface area contributed by atoms with Gasteiger partial charge in [-0.3, -0.25) is 52.9 Å². The standard InChI is InChI=1S/C89H147N13O38/c1-11-12-21-91-71(49-90-23-27-115-30-33-118-37-40-122-43-46-125-56-88-58-130-86(139-88)79(93-63(2)104)82(134-67(6)108)84(88)136-69(8)110)52-127-60-102(97-77(113)20-15-13-17-22-92-76(112)19-16-14-18-26-103,61-128-53-72-50-100(98-95-72)24-28-116-31-34-119-36-39-121-42-45-124-55-75-81(133-66(5)107)74(132-65(4)106)48-78(114-10)138-75)62-129-54-73-51-101(99-96-73)25-29-117-32-35-120-38-41-123-44-47-126-57-89-59-131-87(140-89)80(94-64(3)105)83(135-68(7)109)85(89)137-70(9)111/h21,49-51,74-75,78-87,90,103H,11-20,22-48,52-62H2,1-10H3,(H3-,92,93,94,97,104,105,112,113)/p+1. The van der Waals surface area contributed by atoms with Crippen LogP contribution in [-0.4, -0.2) is 416 Å². The Kier molecular flexibility index (Phi) is 57.2. The number of aromatic nitrogens is 6. The largest absolute Gasteiger partial charge is 0.458 e. The van der Waals surface area contributed by atoms with Gasteiger partial charge in [-0.1, -0.05) is 36.6 Å². The summed E-state index contributed by atoms with van der Waals surface area (Å²) in [7, 11) is 1.46. The van der Waals surface area contributed by atoms with Gasteiger partial charge in [-0.2, -0.15) is 10.0 Å². The van der Waals surface area contributed by atoms with E-state index in [4.69, 9.17) is 138 Å². The Bertz CT molecular complexity index is 3990. The average Bonchev–Trinajstić information content (AvgIpc) is 1.59. The number of hydrogen-bond donors (Lipinski definition) is 6. The van der Waals surface area contributed by atoms with Crippen molar-refractivity contribution in [3.05, 3.63) is 35.7 Å². The van der Waals surface area contributed by atoms with Crippen molar-refractivity contribution >= 4 is 65.7 Å². The molecule has 4 bridgehead atoms. The van der Waals surface area contributed by atoms with Crippen molar-refractivity contribution in [2.24, 2.45) is 4.99 Å². The Labute approximate surface area is 814 Å². The summed E-state index contributed by atoms with van der Waals surface area (Å²) in [4.78, 5) is 128. The van der Waals surface area contributed by atoms with Gasteiger partial charge < -0.3 is 154 Å². The van der Waals surface area contributed by atoms with Crippen LogP contribution in [0.25, 0.3) is 0 Å². The lowest BCUT2D eigenvalue weighted by Crippen LogP contribution is -2.68. The molecule has 15 atom stereocenters. The highest BCUT2D eigenvalue weighted by atomic mass is 16.8. The summed E-state index contributed by atoms with van der Waals surface area (Å²) in [5, 5.41) is 38.0. The van der Waals surface area contributed by atoms with Crippen LogP contribution in [0.1, 0.15) is 144 Å². The number of carbonyl (C=O) groups excluding carboxylic acids is 10. The molecule has 140 heavy (non-hydrogen) atoms. The van der Waals surface area contributed by atoms with Crippen LogP contribution in [0.2, 0.25) is 0 Å². The molecule has 51 nitrogen and oxygen atoms in total. The summed E-state index contributed by atoms with van der Waals surface area (Å²) in [5.41, 5.74) is 1.96. The first kappa shape index (κ1) is 118. The first-order chi connectivity index (χ1) is 67.7. The SMILES string of the molecule is CCCC=NC(=CNCCOCCOCCOCCOCC12COC(O1)C(NC(C)=O)C(OC(C)=O)C2OC(C)=O)COC[N+](COCc1cn(CCOCCOCCOCCOCC2OC(OC)CC(OC(C)=O)C2OC(C)=O)nn1)(COCc1cn(CCOCCOCCOCCOCC23COC(O2)C(NC(C)=O)C(OC(C)=O)C3OC(C)=O)nn1)NC(=O)CCCCCNC(=O)CCCCCO. The summed E-state index contributed by atoms with van der Waals surface area (Å²) >= 11 is 0. The van der Waals surface area contributed by atoms with Crippen LogP contribution in [0.15, 0.2) is 29.3 Å². The van der Waals surface area contributed by atoms with Crippen LogP contribution in [0.4, 0.5) is 0 Å². The number of aliphatic imine (C=N–C) groups is 1. The third kappa shape index (κ3) is 45.9. The number of quaternary nitrogens is 1. The molecule has 796 valence electrons. The van der Waals surface area contributed by atoms with E-state index in [-0.39, 0.29) is 236 Å². The number of carbonyl (C=O) groups is 10. The molecule has 15 unspecified atom stereocenters. The first-order valence-electron chi connectivity index (χ1n) is 47.5. The predicted molar refractivity (Wildman–Crippen MR) is 481 cm³/mol. The van der Waals surface area contributed by atoms with E-state index in [0.29, 0.717) is 94.8 Å². The molecule has 6 N–H and O–H groups in total. The number of unbranched alkanes of at least 4 members (excludes halogenated alkanes) is 5. The molecular formula is C89H148N13O38+. The number of amides is 4. The predicted octanol–water partition coefficient (Wildman–Crippen LogP) is -0.318. The van der Waals surface area contributed by atoms with E-state index in [1.165, 1.54) is 62.5 Å². The summed E-state index contributed by atoms with van der Waals surface area (Å²) < 4.78 is 160. The first-order valence-corrected chi connectivity index (χ1v) is 47.5. The number of methoxy groups -OCH3 is 1. The molecule has 2 aromatic heterocycles. The molecule has 7 rings (SSSR count). The highest BCUT2D eigenvalue weighted by molar-refractivity contribution is 5.76. The molecule has 0 spiro atoms. The molecule has 5 aliphatic heterocycles. The molecule has 4 amide bonds. The fourth-order valence-electron chi connectivity index (χ4n) is 15.0. The molecule has 5 aliphatic rings. The normalized spacial score (nSPS) is 23.0. The molecule has 5 fully saturated rings. The number of nitrogens with one attached hydrogen (secondary N) is 5. The number of aliphatic hydroxyl groups is 1. The van der Waals surface area contributed by atoms with Gasteiger partial charge in [-0.25, -0.2) is 9.36 Å². The highest BCUT2D eigenvalue weighted by Gasteiger charge is 2.65. The van der Waals surface area contributed by atoms with Crippen molar-refractivity contribution in [3.63, 3.8) is 0 Å². The number of hydrogen-bond acceptors (Lipinski definition) is 44. The molecule has 7 heterocycles. The van der Waals surface area contributed by atoms with Crippen LogP contribution < -0.4 is 26.7 Å². The molecule has 0 radical (unpaired) electrons. The monoisotopic (exact) mass is 2010 g/mol. The van der Waals surface area contributed by atoms with Gasteiger partial charge >= 0.3 is 35.8 Å². The number of ether oxygens (including phenoxy) is 27. The quantitative estimate of drug-likeness (QED) is 0.00940. The number of rotatable bonds is 79. The molecule has 5 saturated heterocycles. The minimum Gasteiger partial charge on any atom is -0.458 e. The summed E-state index contributed by atoms with van der Waals surface area (Å²) in [5.74, 6) is -4.99. The van der Waals surface area contributed by atoms with E-state index in [2.05, 4.69) is 47.3 Å². The van der Waals surface area contributed by atoms with E-state index in [1.54, 1.807) is 34.2 Å². The van der Waals surface area contributed by atoms with Crippen molar-refractivity contribution in [1.82, 2.24) is 56.7 Å². The summed E-state index contributed by atoms with van der Waals surface area (Å²) in [6.45, 7) is 17.6. The van der Waals surface area contributed by atoms with Crippen molar-refractivity contribution < 1.29 is 186 Å². The average molecular weight is 2010 g/mol. The second-order valence-corrected chi connectivity index (χ2v) is 33.3. The number of fused-ring (bicyclic) bond motifs is 4. The minimum absolute atomic E-state index is 0.0203. The third-order valence-corrected chi connectivity index (χ3v) is 21.3. The van der Waals surface area contributed by atoms with Gasteiger partial charge in [0.1, 0.15) is 35.7 Å². The van der Waals surface area contributed by atoms with E-state index in [1.807, 2.05) is 6.92 Å². The van der Waals surface area contributed by atoms with Crippen LogP contribution in [-0.2, 0) is 202 Å². The van der Waals surface area contributed by atoms with Crippen molar-refractivity contribution in [2.45, 2.75) is 244 Å². The topological polar surface area (TPSA) is 574 Å². The van der Waals surface area contributed by atoms with Crippen molar-refractivity contribution in [2.75, 3.05) is 225 Å². The zero-order valence-corrected chi connectivity index (χ0v) is 82.3. The Morgan fingerprint density at radius 1 is 0.493 bits per heavy atom. The van der Waals surface area contributed by atoms with Gasteiger partial charge in [0.15, 0.2) is 60.6 Å².